The number of methoxy groups -OCH3 is 2. The fourth-order valence-electron chi connectivity index (χ4n) is 1.83. The lowest BCUT2D eigenvalue weighted by atomic mass is 9.91. The van der Waals surface area contributed by atoms with Crippen LogP contribution in [-0.2, 0) is 9.47 Å². The van der Waals surface area contributed by atoms with Crippen molar-refractivity contribution in [2.45, 2.75) is 25.7 Å². The number of rotatable bonds is 4. The summed E-state index contributed by atoms with van der Waals surface area (Å²) < 4.78 is 10.4. The van der Waals surface area contributed by atoms with Crippen LogP contribution in [0.3, 0.4) is 0 Å². The molecule has 0 heterocycles. The average molecular weight is 236 g/mol. The SMILES string of the molecule is CC=CC1=CC(OC)C(O)(OC)C=C1C=CC. The monoisotopic (exact) mass is 236 g/mol. The van der Waals surface area contributed by atoms with Crippen LogP contribution in [0.25, 0.3) is 0 Å². The second kappa shape index (κ2) is 5.96. The van der Waals surface area contributed by atoms with Crippen LogP contribution < -0.4 is 0 Å². The van der Waals surface area contributed by atoms with Gasteiger partial charge in [-0.1, -0.05) is 24.3 Å². The fraction of sp³-hybridized carbons (Fsp3) is 0.429. The molecule has 0 fully saturated rings. The van der Waals surface area contributed by atoms with E-state index in [1.54, 1.807) is 13.2 Å². The minimum absolute atomic E-state index is 0.507. The topological polar surface area (TPSA) is 38.7 Å². The zero-order valence-electron chi connectivity index (χ0n) is 10.8. The molecule has 0 aromatic heterocycles. The first-order chi connectivity index (χ1) is 8.11. The standard InChI is InChI=1S/C14H20O3/c1-5-7-11-9-13(16-3)14(15,17-4)10-12(11)8-6-2/h5-10,13,15H,1-4H3. The number of hydrogen-bond donors (Lipinski definition) is 1. The molecule has 1 N–H and O–H groups in total. The number of ether oxygens (including phenoxy) is 2. The molecule has 1 aliphatic rings. The van der Waals surface area contributed by atoms with Crippen LogP contribution in [0.1, 0.15) is 13.8 Å². The Balaban J connectivity index is 3.20. The highest BCUT2D eigenvalue weighted by atomic mass is 16.6. The van der Waals surface area contributed by atoms with Gasteiger partial charge in [-0.3, -0.25) is 0 Å². The second-order valence-electron chi connectivity index (χ2n) is 3.83. The summed E-state index contributed by atoms with van der Waals surface area (Å²) in [7, 11) is 3.01. The summed E-state index contributed by atoms with van der Waals surface area (Å²) in [4.78, 5) is 0. The molecule has 94 valence electrons. The van der Waals surface area contributed by atoms with E-state index in [0.717, 1.165) is 11.1 Å². The van der Waals surface area contributed by atoms with Gasteiger partial charge in [0.2, 0.25) is 5.79 Å². The van der Waals surface area contributed by atoms with Gasteiger partial charge >= 0.3 is 0 Å². The van der Waals surface area contributed by atoms with Crippen molar-refractivity contribution in [2.24, 2.45) is 0 Å². The van der Waals surface area contributed by atoms with Crippen LogP contribution in [0.15, 0.2) is 47.6 Å². The Hall–Kier alpha value is -1.16. The third-order valence-electron chi connectivity index (χ3n) is 2.71. The fourth-order valence-corrected chi connectivity index (χ4v) is 1.83. The van der Waals surface area contributed by atoms with E-state index in [2.05, 4.69) is 0 Å². The van der Waals surface area contributed by atoms with Crippen LogP contribution in [0.2, 0.25) is 0 Å². The molecule has 0 aromatic carbocycles. The summed E-state index contributed by atoms with van der Waals surface area (Å²) in [6.07, 6.45) is 10.8. The van der Waals surface area contributed by atoms with E-state index in [4.69, 9.17) is 9.47 Å². The first-order valence-electron chi connectivity index (χ1n) is 5.62. The lowest BCUT2D eigenvalue weighted by molar-refractivity contribution is -0.203. The van der Waals surface area contributed by atoms with Crippen LogP contribution in [0.5, 0.6) is 0 Å². The van der Waals surface area contributed by atoms with Crippen molar-refractivity contribution >= 4 is 0 Å². The average Bonchev–Trinajstić information content (AvgIpc) is 2.33. The molecule has 0 amide bonds. The molecule has 0 spiro atoms. The Kier molecular flexibility index (Phi) is 4.87. The normalized spacial score (nSPS) is 29.8. The van der Waals surface area contributed by atoms with Crippen molar-refractivity contribution < 1.29 is 14.6 Å². The van der Waals surface area contributed by atoms with E-state index < -0.39 is 11.9 Å². The predicted octanol–water partition coefficient (Wildman–Crippen LogP) is 2.36. The van der Waals surface area contributed by atoms with Crippen LogP contribution in [-0.4, -0.2) is 31.2 Å². The van der Waals surface area contributed by atoms with Gasteiger partial charge in [0.25, 0.3) is 0 Å². The van der Waals surface area contributed by atoms with Crippen LogP contribution in [0, 0.1) is 0 Å². The van der Waals surface area contributed by atoms with Crippen molar-refractivity contribution in [1.82, 2.24) is 0 Å². The van der Waals surface area contributed by atoms with Gasteiger partial charge < -0.3 is 14.6 Å². The molecule has 0 saturated carbocycles. The van der Waals surface area contributed by atoms with Gasteiger partial charge in [0, 0.05) is 14.2 Å². The summed E-state index contributed by atoms with van der Waals surface area (Å²) in [5, 5.41) is 10.3. The van der Waals surface area contributed by atoms with Crippen molar-refractivity contribution in [3.8, 4) is 0 Å². The third kappa shape index (κ3) is 2.94. The van der Waals surface area contributed by atoms with Gasteiger partial charge in [-0.2, -0.15) is 0 Å². The number of hydrogen-bond acceptors (Lipinski definition) is 3. The Labute approximate surface area is 103 Å². The molecule has 2 unspecified atom stereocenters. The van der Waals surface area contributed by atoms with E-state index in [0.29, 0.717) is 0 Å². The molecule has 0 aliphatic heterocycles. The van der Waals surface area contributed by atoms with Gasteiger partial charge in [-0.15, -0.1) is 0 Å². The largest absolute Gasteiger partial charge is 0.371 e. The molecule has 0 bridgehead atoms. The molecular weight excluding hydrogens is 216 g/mol. The molecule has 0 saturated heterocycles. The first kappa shape index (κ1) is 13.9. The van der Waals surface area contributed by atoms with E-state index in [1.165, 1.54) is 7.11 Å². The minimum atomic E-state index is -1.41. The van der Waals surface area contributed by atoms with E-state index in [1.807, 2.05) is 44.2 Å². The molecule has 2 atom stereocenters. The van der Waals surface area contributed by atoms with Crippen molar-refractivity contribution in [2.75, 3.05) is 14.2 Å². The Morgan fingerprint density at radius 1 is 1.18 bits per heavy atom. The molecule has 3 nitrogen and oxygen atoms in total. The first-order valence-corrected chi connectivity index (χ1v) is 5.62. The maximum atomic E-state index is 10.3. The summed E-state index contributed by atoms with van der Waals surface area (Å²) >= 11 is 0. The minimum Gasteiger partial charge on any atom is -0.371 e. The lowest BCUT2D eigenvalue weighted by Gasteiger charge is -2.33. The lowest BCUT2D eigenvalue weighted by Crippen LogP contribution is -2.44. The van der Waals surface area contributed by atoms with Crippen LogP contribution in [0.4, 0.5) is 0 Å². The van der Waals surface area contributed by atoms with E-state index in [-0.39, 0.29) is 0 Å². The molecule has 1 rings (SSSR count). The highest BCUT2D eigenvalue weighted by Gasteiger charge is 2.37. The van der Waals surface area contributed by atoms with Crippen LogP contribution >= 0.6 is 0 Å². The summed E-state index contributed by atoms with van der Waals surface area (Å²) in [5.74, 6) is -1.41. The van der Waals surface area contributed by atoms with Gasteiger partial charge in [0.15, 0.2) is 0 Å². The molecule has 0 radical (unpaired) electrons. The molecule has 17 heavy (non-hydrogen) atoms. The van der Waals surface area contributed by atoms with Gasteiger partial charge in [0.1, 0.15) is 6.10 Å². The third-order valence-corrected chi connectivity index (χ3v) is 2.71. The smallest absolute Gasteiger partial charge is 0.216 e. The van der Waals surface area contributed by atoms with E-state index in [9.17, 15) is 5.11 Å². The number of allylic oxidation sites excluding steroid dienone is 6. The molecule has 1 aliphatic carbocycles. The Bertz CT molecular complexity index is 377. The molecule has 0 aromatic rings. The highest BCUT2D eigenvalue weighted by molar-refractivity contribution is 5.51. The maximum Gasteiger partial charge on any atom is 0.216 e. The Morgan fingerprint density at radius 2 is 1.76 bits per heavy atom. The number of aliphatic hydroxyl groups is 1. The van der Waals surface area contributed by atoms with Crippen molar-refractivity contribution in [1.29, 1.82) is 0 Å². The van der Waals surface area contributed by atoms with Gasteiger partial charge in [0.05, 0.1) is 0 Å². The highest BCUT2D eigenvalue weighted by Crippen LogP contribution is 2.30. The zero-order chi connectivity index (χ0) is 12.9. The molecule has 3 heteroatoms. The van der Waals surface area contributed by atoms with Crippen molar-refractivity contribution in [3.05, 3.63) is 47.6 Å². The van der Waals surface area contributed by atoms with Crippen molar-refractivity contribution in [3.63, 3.8) is 0 Å². The summed E-state index contributed by atoms with van der Waals surface area (Å²) in [6.45, 7) is 3.88. The van der Waals surface area contributed by atoms with E-state index >= 15 is 0 Å². The second-order valence-corrected chi connectivity index (χ2v) is 3.83. The Morgan fingerprint density at radius 3 is 2.24 bits per heavy atom. The summed E-state index contributed by atoms with van der Waals surface area (Å²) in [6, 6.07) is 0. The van der Waals surface area contributed by atoms with Gasteiger partial charge in [-0.05, 0) is 37.1 Å². The predicted molar refractivity (Wildman–Crippen MR) is 68.5 cm³/mol. The molecular formula is C14H20O3. The summed E-state index contributed by atoms with van der Waals surface area (Å²) in [5.41, 5.74) is 1.93. The zero-order valence-corrected chi connectivity index (χ0v) is 10.8. The van der Waals surface area contributed by atoms with Gasteiger partial charge in [-0.25, -0.2) is 0 Å². The maximum absolute atomic E-state index is 10.3. The quantitative estimate of drug-likeness (QED) is 0.761.